The van der Waals surface area contributed by atoms with Crippen LogP contribution in [0.1, 0.15) is 57.1 Å². The van der Waals surface area contributed by atoms with E-state index in [1.807, 2.05) is 6.92 Å². The zero-order valence-electron chi connectivity index (χ0n) is 13.5. The van der Waals surface area contributed by atoms with Crippen LogP contribution in [-0.4, -0.2) is 30.1 Å². The van der Waals surface area contributed by atoms with Gasteiger partial charge in [0.05, 0.1) is 6.61 Å². The standard InChI is InChI=1S/C18H27NO2/c1-4-21-18(20)17-7-5-6-12-19(17)13-15-8-10-16(11-9-15)14(2)3/h8-11,14,17H,4-7,12-13H2,1-3H3/t17-/m1/s1. The van der Waals surface area contributed by atoms with Gasteiger partial charge in [0.2, 0.25) is 0 Å². The smallest absolute Gasteiger partial charge is 0.323 e. The van der Waals surface area contributed by atoms with Crippen molar-refractivity contribution in [3.8, 4) is 0 Å². The molecule has 1 aromatic rings. The number of hydrogen-bond donors (Lipinski definition) is 0. The molecule has 0 unspecified atom stereocenters. The number of likely N-dealkylation sites (tertiary alicyclic amines) is 1. The molecule has 0 amide bonds. The Balaban J connectivity index is 2.03. The first-order valence-electron chi connectivity index (χ1n) is 8.11. The summed E-state index contributed by atoms with van der Waals surface area (Å²) in [7, 11) is 0. The first-order chi connectivity index (χ1) is 10.1. The molecule has 1 atom stereocenters. The van der Waals surface area contributed by atoms with Gasteiger partial charge in [-0.15, -0.1) is 0 Å². The minimum Gasteiger partial charge on any atom is -0.465 e. The number of carbonyl (C=O) groups excluding carboxylic acids is 1. The average Bonchev–Trinajstić information content (AvgIpc) is 2.48. The van der Waals surface area contributed by atoms with E-state index in [-0.39, 0.29) is 12.0 Å². The Morgan fingerprint density at radius 1 is 1.29 bits per heavy atom. The number of nitrogens with zero attached hydrogens (tertiary/aromatic N) is 1. The van der Waals surface area contributed by atoms with Crippen LogP contribution in [0.5, 0.6) is 0 Å². The molecule has 1 aliphatic rings. The maximum absolute atomic E-state index is 12.1. The number of carbonyl (C=O) groups is 1. The van der Waals surface area contributed by atoms with Crippen molar-refractivity contribution < 1.29 is 9.53 Å². The highest BCUT2D eigenvalue weighted by atomic mass is 16.5. The third kappa shape index (κ3) is 4.31. The SMILES string of the molecule is CCOC(=O)[C@H]1CCCCN1Cc1ccc(C(C)C)cc1. The van der Waals surface area contributed by atoms with E-state index in [1.165, 1.54) is 17.5 Å². The summed E-state index contributed by atoms with van der Waals surface area (Å²) in [4.78, 5) is 14.3. The molecule has 1 fully saturated rings. The lowest BCUT2D eigenvalue weighted by molar-refractivity contribution is -0.151. The van der Waals surface area contributed by atoms with Crippen molar-refractivity contribution in [1.29, 1.82) is 0 Å². The minimum absolute atomic E-state index is 0.0593. The molecule has 1 aromatic carbocycles. The fraction of sp³-hybridized carbons (Fsp3) is 0.611. The molecule has 0 bridgehead atoms. The molecular weight excluding hydrogens is 262 g/mol. The molecule has 3 nitrogen and oxygen atoms in total. The fourth-order valence-electron chi connectivity index (χ4n) is 2.93. The average molecular weight is 289 g/mol. The quantitative estimate of drug-likeness (QED) is 0.774. The van der Waals surface area contributed by atoms with Crippen molar-refractivity contribution in [2.75, 3.05) is 13.2 Å². The summed E-state index contributed by atoms with van der Waals surface area (Å²) in [6.07, 6.45) is 3.20. The van der Waals surface area contributed by atoms with Gasteiger partial charge >= 0.3 is 5.97 Å². The third-order valence-corrected chi connectivity index (χ3v) is 4.20. The zero-order chi connectivity index (χ0) is 15.2. The number of esters is 1. The summed E-state index contributed by atoms with van der Waals surface area (Å²) in [5, 5.41) is 0. The van der Waals surface area contributed by atoms with Gasteiger partial charge in [-0.25, -0.2) is 0 Å². The second-order valence-electron chi connectivity index (χ2n) is 6.13. The van der Waals surface area contributed by atoms with Crippen LogP contribution < -0.4 is 0 Å². The van der Waals surface area contributed by atoms with Crippen LogP contribution in [0.15, 0.2) is 24.3 Å². The van der Waals surface area contributed by atoms with E-state index in [1.54, 1.807) is 0 Å². The van der Waals surface area contributed by atoms with Crippen LogP contribution in [0.25, 0.3) is 0 Å². The van der Waals surface area contributed by atoms with Gasteiger partial charge in [-0.05, 0) is 43.4 Å². The Morgan fingerprint density at radius 2 is 2.00 bits per heavy atom. The molecule has 0 aliphatic carbocycles. The van der Waals surface area contributed by atoms with Crippen LogP contribution in [0, 0.1) is 0 Å². The highest BCUT2D eigenvalue weighted by Crippen LogP contribution is 2.22. The van der Waals surface area contributed by atoms with Crippen molar-refractivity contribution >= 4 is 5.97 Å². The number of ether oxygens (including phenoxy) is 1. The Kier molecular flexibility index (Phi) is 5.80. The van der Waals surface area contributed by atoms with Gasteiger partial charge in [0.1, 0.15) is 6.04 Å². The predicted octanol–water partition coefficient (Wildman–Crippen LogP) is 3.73. The van der Waals surface area contributed by atoms with Gasteiger partial charge in [-0.1, -0.05) is 44.5 Å². The number of benzene rings is 1. The molecule has 0 spiro atoms. The second-order valence-corrected chi connectivity index (χ2v) is 6.13. The monoisotopic (exact) mass is 289 g/mol. The molecule has 1 saturated heterocycles. The van der Waals surface area contributed by atoms with Crippen LogP contribution in [-0.2, 0) is 16.1 Å². The van der Waals surface area contributed by atoms with Gasteiger partial charge in [0.15, 0.2) is 0 Å². The van der Waals surface area contributed by atoms with Crippen LogP contribution in [0.2, 0.25) is 0 Å². The second kappa shape index (κ2) is 7.60. The first-order valence-corrected chi connectivity index (χ1v) is 8.11. The number of piperidine rings is 1. The molecule has 116 valence electrons. The fourth-order valence-corrected chi connectivity index (χ4v) is 2.93. The first kappa shape index (κ1) is 16.0. The molecular formula is C18H27NO2. The Labute approximate surface area is 128 Å². The molecule has 1 aliphatic heterocycles. The molecule has 1 heterocycles. The van der Waals surface area contributed by atoms with E-state index < -0.39 is 0 Å². The van der Waals surface area contributed by atoms with E-state index in [9.17, 15) is 4.79 Å². The van der Waals surface area contributed by atoms with Gasteiger partial charge in [-0.2, -0.15) is 0 Å². The lowest BCUT2D eigenvalue weighted by Gasteiger charge is -2.34. The topological polar surface area (TPSA) is 29.5 Å². The van der Waals surface area contributed by atoms with E-state index in [4.69, 9.17) is 4.74 Å². The van der Waals surface area contributed by atoms with Gasteiger partial charge in [0, 0.05) is 6.54 Å². The Hall–Kier alpha value is -1.35. The Bertz CT molecular complexity index is 453. The van der Waals surface area contributed by atoms with Gasteiger partial charge in [0.25, 0.3) is 0 Å². The zero-order valence-corrected chi connectivity index (χ0v) is 13.5. The summed E-state index contributed by atoms with van der Waals surface area (Å²) < 4.78 is 5.22. The van der Waals surface area contributed by atoms with Crippen LogP contribution in [0.3, 0.4) is 0 Å². The van der Waals surface area contributed by atoms with E-state index in [0.717, 1.165) is 25.9 Å². The number of rotatable bonds is 5. The predicted molar refractivity (Wildman–Crippen MR) is 85.2 cm³/mol. The van der Waals surface area contributed by atoms with Crippen molar-refractivity contribution in [3.05, 3.63) is 35.4 Å². The summed E-state index contributed by atoms with van der Waals surface area (Å²) in [5.74, 6) is 0.498. The van der Waals surface area contributed by atoms with Crippen molar-refractivity contribution in [3.63, 3.8) is 0 Å². The Morgan fingerprint density at radius 3 is 2.62 bits per heavy atom. The summed E-state index contributed by atoms with van der Waals surface area (Å²) in [5.41, 5.74) is 2.63. The highest BCUT2D eigenvalue weighted by Gasteiger charge is 2.29. The largest absolute Gasteiger partial charge is 0.465 e. The minimum atomic E-state index is -0.0662. The normalized spacial score (nSPS) is 19.7. The van der Waals surface area contributed by atoms with Crippen molar-refractivity contribution in [2.24, 2.45) is 0 Å². The lowest BCUT2D eigenvalue weighted by Crippen LogP contribution is -2.44. The van der Waals surface area contributed by atoms with Gasteiger partial charge < -0.3 is 4.74 Å². The number of hydrogen-bond acceptors (Lipinski definition) is 3. The van der Waals surface area contributed by atoms with Gasteiger partial charge in [-0.3, -0.25) is 9.69 Å². The summed E-state index contributed by atoms with van der Waals surface area (Å²) >= 11 is 0. The third-order valence-electron chi connectivity index (χ3n) is 4.20. The van der Waals surface area contributed by atoms with Crippen LogP contribution >= 0.6 is 0 Å². The summed E-state index contributed by atoms with van der Waals surface area (Å²) in [6, 6.07) is 8.70. The molecule has 3 heteroatoms. The molecule has 0 saturated carbocycles. The summed E-state index contributed by atoms with van der Waals surface area (Å²) in [6.45, 7) is 8.56. The van der Waals surface area contributed by atoms with Crippen LogP contribution in [0.4, 0.5) is 0 Å². The van der Waals surface area contributed by atoms with E-state index in [0.29, 0.717) is 12.5 Å². The molecule has 0 N–H and O–H groups in total. The lowest BCUT2D eigenvalue weighted by atomic mass is 9.99. The van der Waals surface area contributed by atoms with Crippen molar-refractivity contribution in [1.82, 2.24) is 4.90 Å². The van der Waals surface area contributed by atoms with Crippen molar-refractivity contribution in [2.45, 2.75) is 58.5 Å². The van der Waals surface area contributed by atoms with E-state index >= 15 is 0 Å². The van der Waals surface area contributed by atoms with E-state index in [2.05, 4.69) is 43.0 Å². The molecule has 0 radical (unpaired) electrons. The maximum Gasteiger partial charge on any atom is 0.323 e. The molecule has 2 rings (SSSR count). The highest BCUT2D eigenvalue weighted by molar-refractivity contribution is 5.75. The molecule has 0 aromatic heterocycles. The maximum atomic E-state index is 12.1. The molecule has 21 heavy (non-hydrogen) atoms.